The topological polar surface area (TPSA) is 6.25 Å². The largest absolute Gasteiger partial charge is 0.345 e. The van der Waals surface area contributed by atoms with E-state index < -0.39 is 0 Å². The third-order valence-electron chi connectivity index (χ3n) is 2.56. The van der Waals surface area contributed by atoms with E-state index in [9.17, 15) is 0 Å². The highest BCUT2D eigenvalue weighted by atomic mass is 35.5. The molecule has 0 aromatic heterocycles. The third kappa shape index (κ3) is 3.18. The number of rotatable bonds is 5. The average molecular weight is 204 g/mol. The monoisotopic (exact) mass is 203 g/mol. The van der Waals surface area contributed by atoms with Gasteiger partial charge in [0.15, 0.2) is 0 Å². The van der Waals surface area contributed by atoms with E-state index in [1.807, 2.05) is 7.05 Å². The Morgan fingerprint density at radius 1 is 1.38 bits per heavy atom. The number of halogens is 1. The number of unbranched alkanes of at least 4 members (excludes halogenated alkanes) is 3. The highest BCUT2D eigenvalue weighted by Gasteiger charge is 2.25. The van der Waals surface area contributed by atoms with Gasteiger partial charge in [0.2, 0.25) is 0 Å². The first-order valence-electron chi connectivity index (χ1n) is 5.24. The number of amidine groups is 1. The fourth-order valence-corrected chi connectivity index (χ4v) is 1.88. The summed E-state index contributed by atoms with van der Waals surface area (Å²) in [6.07, 6.45) is 5.26. The Balaban J connectivity index is 2.16. The summed E-state index contributed by atoms with van der Waals surface area (Å²) >= 11 is 6.11. The molecule has 0 aromatic rings. The molecule has 0 atom stereocenters. The Bertz CT molecular complexity index is 189. The fourth-order valence-electron chi connectivity index (χ4n) is 1.63. The molecule has 0 fully saturated rings. The van der Waals surface area contributed by atoms with Gasteiger partial charge in [0.05, 0.1) is 13.6 Å². The maximum absolute atomic E-state index is 6.11. The van der Waals surface area contributed by atoms with Crippen molar-refractivity contribution in [1.82, 2.24) is 4.90 Å². The van der Waals surface area contributed by atoms with Gasteiger partial charge in [-0.1, -0.05) is 19.8 Å². The number of nitrogens with zero attached hydrogens (tertiary/aromatic N) is 2. The van der Waals surface area contributed by atoms with Crippen molar-refractivity contribution in [2.75, 3.05) is 26.7 Å². The second-order valence-corrected chi connectivity index (χ2v) is 4.08. The molecule has 0 saturated carbocycles. The first kappa shape index (κ1) is 10.8. The van der Waals surface area contributed by atoms with Gasteiger partial charge in [-0.15, -0.1) is 0 Å². The second-order valence-electron chi connectivity index (χ2n) is 3.74. The standard InChI is InChI=1S/C10H20ClN2/c1-3-4-5-6-7-13-9-8-12(2)10(13)11/h3-9H2,1-2H3/q+1. The molecule has 0 spiro atoms. The zero-order chi connectivity index (χ0) is 9.68. The normalized spacial score (nSPS) is 17.3. The Morgan fingerprint density at radius 3 is 2.69 bits per heavy atom. The number of hydrogen-bond acceptors (Lipinski definition) is 1. The smallest absolute Gasteiger partial charge is 0.250 e. The van der Waals surface area contributed by atoms with Crippen molar-refractivity contribution in [2.24, 2.45) is 0 Å². The minimum absolute atomic E-state index is 0.927. The lowest BCUT2D eigenvalue weighted by Crippen LogP contribution is -2.26. The van der Waals surface area contributed by atoms with E-state index in [4.69, 9.17) is 11.6 Å². The van der Waals surface area contributed by atoms with Gasteiger partial charge >= 0.3 is 5.29 Å². The zero-order valence-electron chi connectivity index (χ0n) is 8.72. The van der Waals surface area contributed by atoms with Gasteiger partial charge in [-0.2, -0.15) is 0 Å². The average Bonchev–Trinajstić information content (AvgIpc) is 2.43. The molecule has 1 rings (SSSR count). The molecule has 2 nitrogen and oxygen atoms in total. The molecule has 1 aliphatic rings. The van der Waals surface area contributed by atoms with E-state index in [2.05, 4.69) is 16.4 Å². The lowest BCUT2D eigenvalue weighted by molar-refractivity contribution is -0.484. The molecule has 0 N–H and O–H groups in total. The van der Waals surface area contributed by atoms with Crippen LogP contribution in [-0.4, -0.2) is 41.5 Å². The first-order chi connectivity index (χ1) is 6.25. The van der Waals surface area contributed by atoms with Crippen LogP contribution in [0.4, 0.5) is 0 Å². The van der Waals surface area contributed by atoms with Crippen LogP contribution in [0.5, 0.6) is 0 Å². The van der Waals surface area contributed by atoms with E-state index in [-0.39, 0.29) is 0 Å². The van der Waals surface area contributed by atoms with Crippen LogP contribution in [0.1, 0.15) is 32.6 Å². The molecule has 0 amide bonds. The third-order valence-corrected chi connectivity index (χ3v) is 3.09. The highest BCUT2D eigenvalue weighted by molar-refractivity contribution is 6.63. The zero-order valence-corrected chi connectivity index (χ0v) is 9.48. The SMILES string of the molecule is CCCCCCN1CC[N+](C)=C1Cl. The molecular formula is C10H20ClN2+. The van der Waals surface area contributed by atoms with E-state index in [1.165, 1.54) is 25.7 Å². The predicted octanol–water partition coefficient (Wildman–Crippen LogP) is 2.12. The summed E-state index contributed by atoms with van der Waals surface area (Å²) in [4.78, 5) is 2.28. The highest BCUT2D eigenvalue weighted by Crippen LogP contribution is 2.07. The van der Waals surface area contributed by atoms with Crippen molar-refractivity contribution in [2.45, 2.75) is 32.6 Å². The summed E-state index contributed by atoms with van der Waals surface area (Å²) in [5.41, 5.74) is 0. The summed E-state index contributed by atoms with van der Waals surface area (Å²) in [6, 6.07) is 0. The lowest BCUT2D eigenvalue weighted by atomic mass is 10.2. The fraction of sp³-hybridized carbons (Fsp3) is 0.900. The van der Waals surface area contributed by atoms with Crippen LogP contribution in [0, 0.1) is 0 Å². The van der Waals surface area contributed by atoms with Crippen LogP contribution >= 0.6 is 11.6 Å². The van der Waals surface area contributed by atoms with Gasteiger partial charge in [0.25, 0.3) is 0 Å². The molecular weight excluding hydrogens is 184 g/mol. The molecule has 13 heavy (non-hydrogen) atoms. The number of hydrogen-bond donors (Lipinski definition) is 0. The van der Waals surface area contributed by atoms with Gasteiger partial charge in [-0.25, -0.2) is 4.90 Å². The number of likely N-dealkylation sites (N-methyl/N-ethyl adjacent to an activating group) is 1. The predicted molar refractivity (Wildman–Crippen MR) is 57.6 cm³/mol. The minimum Gasteiger partial charge on any atom is -0.250 e. The quantitative estimate of drug-likeness (QED) is 0.377. The van der Waals surface area contributed by atoms with Gasteiger partial charge in [0, 0.05) is 11.6 Å². The van der Waals surface area contributed by atoms with Gasteiger partial charge < -0.3 is 0 Å². The van der Waals surface area contributed by atoms with Crippen LogP contribution in [0.15, 0.2) is 0 Å². The minimum atomic E-state index is 0.927. The molecule has 0 unspecified atom stereocenters. The van der Waals surface area contributed by atoms with Crippen LogP contribution < -0.4 is 0 Å². The van der Waals surface area contributed by atoms with E-state index >= 15 is 0 Å². The van der Waals surface area contributed by atoms with Gasteiger partial charge in [0.1, 0.15) is 13.1 Å². The Morgan fingerprint density at radius 2 is 2.15 bits per heavy atom. The molecule has 1 aliphatic heterocycles. The maximum Gasteiger partial charge on any atom is 0.345 e. The Labute approximate surface area is 86.2 Å². The summed E-state index contributed by atoms with van der Waals surface area (Å²) in [5, 5.41) is 0.927. The molecule has 1 heterocycles. The van der Waals surface area contributed by atoms with Crippen molar-refractivity contribution in [3.63, 3.8) is 0 Å². The van der Waals surface area contributed by atoms with E-state index in [1.54, 1.807) is 0 Å². The van der Waals surface area contributed by atoms with Crippen LogP contribution in [0.2, 0.25) is 0 Å². The van der Waals surface area contributed by atoms with Gasteiger partial charge in [-0.05, 0) is 12.8 Å². The van der Waals surface area contributed by atoms with E-state index in [0.717, 1.165) is 24.9 Å². The van der Waals surface area contributed by atoms with E-state index in [0.29, 0.717) is 0 Å². The molecule has 0 radical (unpaired) electrons. The van der Waals surface area contributed by atoms with Crippen LogP contribution in [-0.2, 0) is 0 Å². The molecule has 0 aromatic carbocycles. The van der Waals surface area contributed by atoms with Crippen LogP contribution in [0.3, 0.4) is 0 Å². The van der Waals surface area contributed by atoms with Crippen LogP contribution in [0.25, 0.3) is 0 Å². The molecule has 0 saturated heterocycles. The summed E-state index contributed by atoms with van der Waals surface area (Å²) in [7, 11) is 2.05. The summed E-state index contributed by atoms with van der Waals surface area (Å²) < 4.78 is 2.11. The molecule has 76 valence electrons. The van der Waals surface area contributed by atoms with Crippen molar-refractivity contribution in [1.29, 1.82) is 0 Å². The Kier molecular flexibility index (Phi) is 4.57. The molecule has 3 heteroatoms. The lowest BCUT2D eigenvalue weighted by Gasteiger charge is -2.08. The molecule has 0 bridgehead atoms. The Hall–Kier alpha value is -0.240. The summed E-state index contributed by atoms with van der Waals surface area (Å²) in [5.74, 6) is 0. The van der Waals surface area contributed by atoms with Crippen molar-refractivity contribution >= 4 is 16.9 Å². The first-order valence-corrected chi connectivity index (χ1v) is 5.62. The second kappa shape index (κ2) is 5.48. The van der Waals surface area contributed by atoms with Crippen molar-refractivity contribution in [3.8, 4) is 0 Å². The van der Waals surface area contributed by atoms with Crippen molar-refractivity contribution < 1.29 is 4.58 Å². The van der Waals surface area contributed by atoms with Crippen molar-refractivity contribution in [3.05, 3.63) is 0 Å². The molecule has 0 aliphatic carbocycles. The summed E-state index contributed by atoms with van der Waals surface area (Å²) in [6.45, 7) is 5.54. The maximum atomic E-state index is 6.11. The van der Waals surface area contributed by atoms with Gasteiger partial charge in [-0.3, -0.25) is 4.58 Å².